The van der Waals surface area contributed by atoms with E-state index in [1.165, 1.54) is 0 Å². The smallest absolute Gasteiger partial charge is 0.325 e. The lowest BCUT2D eigenvalue weighted by atomic mass is 9.90. The second-order valence-electron chi connectivity index (χ2n) is 9.11. The van der Waals surface area contributed by atoms with Crippen LogP contribution in [0, 0.1) is 0 Å². The molecule has 0 radical (unpaired) electrons. The maximum absolute atomic E-state index is 13.3. The monoisotopic (exact) mass is 425 g/mol. The van der Waals surface area contributed by atoms with E-state index in [1.54, 1.807) is 4.90 Å². The minimum absolute atomic E-state index is 0.00778. The molecule has 4 fully saturated rings. The summed E-state index contributed by atoms with van der Waals surface area (Å²) in [6, 6.07) is -0.827. The average Bonchev–Trinajstić information content (AvgIpc) is 3.30. The molecule has 4 aliphatic rings. The van der Waals surface area contributed by atoms with Gasteiger partial charge in [0.1, 0.15) is 12.1 Å². The summed E-state index contributed by atoms with van der Waals surface area (Å²) in [6.45, 7) is -0.292. The number of nitrogens with one attached hydrogen (secondary N) is 1. The number of hydrogen-bond donors (Lipinski definition) is 1. The lowest BCUT2D eigenvalue weighted by Gasteiger charge is -2.35. The molecular weight excluding hydrogens is 394 g/mol. The van der Waals surface area contributed by atoms with E-state index in [0.29, 0.717) is 19.3 Å². The van der Waals surface area contributed by atoms with Gasteiger partial charge in [0.25, 0.3) is 5.91 Å². The number of nitrogens with zero attached hydrogens (tertiary/aromatic N) is 2. The van der Waals surface area contributed by atoms with E-state index in [9.17, 15) is 22.8 Å². The van der Waals surface area contributed by atoms with E-state index in [0.717, 1.165) is 56.3 Å². The molecule has 2 saturated heterocycles. The van der Waals surface area contributed by atoms with Gasteiger partial charge in [-0.1, -0.05) is 38.5 Å². The summed E-state index contributed by atoms with van der Waals surface area (Å²) in [5, 5.41) is 2.88. The van der Waals surface area contributed by atoms with Gasteiger partial charge in [0.15, 0.2) is 9.84 Å². The first-order valence-electron chi connectivity index (χ1n) is 11.0. The van der Waals surface area contributed by atoms with E-state index < -0.39 is 21.4 Å². The second-order valence-corrected chi connectivity index (χ2v) is 11.3. The van der Waals surface area contributed by atoms with Crippen LogP contribution in [0.25, 0.3) is 0 Å². The zero-order valence-corrected chi connectivity index (χ0v) is 17.7. The molecule has 0 unspecified atom stereocenters. The van der Waals surface area contributed by atoms with E-state index >= 15 is 0 Å². The number of hydrogen-bond acceptors (Lipinski definition) is 5. The van der Waals surface area contributed by atoms with Crippen molar-refractivity contribution in [1.82, 2.24) is 15.1 Å². The Labute approximate surface area is 172 Å². The Bertz CT molecular complexity index is 782. The molecule has 2 aliphatic carbocycles. The molecule has 2 heterocycles. The third kappa shape index (κ3) is 4.02. The largest absolute Gasteiger partial charge is 0.334 e. The Morgan fingerprint density at radius 2 is 1.66 bits per heavy atom. The maximum atomic E-state index is 13.3. The van der Waals surface area contributed by atoms with Crippen LogP contribution in [-0.2, 0) is 19.4 Å². The molecule has 9 heteroatoms. The van der Waals surface area contributed by atoms with Crippen molar-refractivity contribution >= 4 is 27.7 Å². The molecule has 2 saturated carbocycles. The molecule has 0 bridgehead atoms. The van der Waals surface area contributed by atoms with Crippen molar-refractivity contribution in [2.24, 2.45) is 0 Å². The lowest BCUT2D eigenvalue weighted by Crippen LogP contribution is -2.52. The molecule has 2 aliphatic heterocycles. The summed E-state index contributed by atoms with van der Waals surface area (Å²) in [5.74, 6) is -0.504. The highest BCUT2D eigenvalue weighted by Crippen LogP contribution is 2.34. The van der Waals surface area contributed by atoms with Crippen LogP contribution < -0.4 is 5.32 Å². The Kier molecular flexibility index (Phi) is 5.61. The number of carbonyl (C=O) groups excluding carboxylic acids is 3. The van der Waals surface area contributed by atoms with Crippen LogP contribution in [0.5, 0.6) is 0 Å². The van der Waals surface area contributed by atoms with Gasteiger partial charge in [0.05, 0.1) is 11.5 Å². The zero-order valence-electron chi connectivity index (χ0n) is 16.9. The van der Waals surface area contributed by atoms with E-state index in [4.69, 9.17) is 0 Å². The van der Waals surface area contributed by atoms with Crippen LogP contribution in [0.4, 0.5) is 4.79 Å². The topological polar surface area (TPSA) is 104 Å². The predicted molar refractivity (Wildman–Crippen MR) is 107 cm³/mol. The fraction of sp³-hybridized carbons (Fsp3) is 0.850. The van der Waals surface area contributed by atoms with Crippen LogP contribution in [0.1, 0.15) is 70.6 Å². The van der Waals surface area contributed by atoms with Gasteiger partial charge in [-0.05, 0) is 32.1 Å². The molecule has 0 aromatic heterocycles. The quantitative estimate of drug-likeness (QED) is 0.689. The van der Waals surface area contributed by atoms with Gasteiger partial charge in [-0.3, -0.25) is 14.5 Å². The average molecular weight is 426 g/mol. The van der Waals surface area contributed by atoms with Gasteiger partial charge < -0.3 is 10.2 Å². The minimum atomic E-state index is -3.13. The third-order valence-corrected chi connectivity index (χ3v) is 8.85. The fourth-order valence-corrected chi connectivity index (χ4v) is 7.30. The highest BCUT2D eigenvalue weighted by molar-refractivity contribution is 7.91. The van der Waals surface area contributed by atoms with Crippen LogP contribution >= 0.6 is 0 Å². The van der Waals surface area contributed by atoms with E-state index in [1.807, 2.05) is 0 Å². The molecule has 29 heavy (non-hydrogen) atoms. The number of rotatable bonds is 4. The molecule has 4 rings (SSSR count). The van der Waals surface area contributed by atoms with Crippen LogP contribution in [0.3, 0.4) is 0 Å². The highest BCUT2D eigenvalue weighted by atomic mass is 32.2. The van der Waals surface area contributed by atoms with Crippen molar-refractivity contribution in [3.8, 4) is 0 Å². The first-order valence-corrected chi connectivity index (χ1v) is 12.8. The Morgan fingerprint density at radius 3 is 2.24 bits per heavy atom. The number of sulfone groups is 1. The molecule has 1 spiro atoms. The second kappa shape index (κ2) is 7.89. The van der Waals surface area contributed by atoms with Crippen molar-refractivity contribution in [3.63, 3.8) is 0 Å². The Balaban J connectivity index is 1.51. The van der Waals surface area contributed by atoms with Gasteiger partial charge in [0, 0.05) is 12.1 Å². The SMILES string of the molecule is O=C1NC2(CCCCCC2)C(=O)N1CC(=O)N(C1CCCC1)[C@H]1CCS(=O)(=O)C1. The fourth-order valence-electron chi connectivity index (χ4n) is 5.59. The summed E-state index contributed by atoms with van der Waals surface area (Å²) in [7, 11) is -3.13. The number of amides is 4. The zero-order chi connectivity index (χ0) is 20.6. The predicted octanol–water partition coefficient (Wildman–Crippen LogP) is 1.59. The van der Waals surface area contributed by atoms with Gasteiger partial charge in [0.2, 0.25) is 5.91 Å². The number of urea groups is 1. The molecule has 1 N–H and O–H groups in total. The Morgan fingerprint density at radius 1 is 1.00 bits per heavy atom. The van der Waals surface area contributed by atoms with Crippen molar-refractivity contribution in [3.05, 3.63) is 0 Å². The van der Waals surface area contributed by atoms with Crippen LogP contribution in [0.15, 0.2) is 0 Å². The lowest BCUT2D eigenvalue weighted by molar-refractivity contribution is -0.141. The summed E-state index contributed by atoms with van der Waals surface area (Å²) >= 11 is 0. The first-order chi connectivity index (χ1) is 13.8. The van der Waals surface area contributed by atoms with Crippen molar-refractivity contribution in [2.75, 3.05) is 18.1 Å². The van der Waals surface area contributed by atoms with Crippen molar-refractivity contribution in [2.45, 2.75) is 88.3 Å². The number of carbonyl (C=O) groups is 3. The molecular formula is C20H31N3O5S. The molecule has 4 amide bonds. The molecule has 8 nitrogen and oxygen atoms in total. The summed E-state index contributed by atoms with van der Waals surface area (Å²) in [6.07, 6.45) is 9.30. The molecule has 0 aromatic carbocycles. The van der Waals surface area contributed by atoms with E-state index in [-0.39, 0.29) is 41.9 Å². The Hall–Kier alpha value is -1.64. The van der Waals surface area contributed by atoms with Gasteiger partial charge in [-0.15, -0.1) is 0 Å². The van der Waals surface area contributed by atoms with Gasteiger partial charge in [-0.2, -0.15) is 0 Å². The summed E-state index contributed by atoms with van der Waals surface area (Å²) in [4.78, 5) is 41.8. The normalized spacial score (nSPS) is 29.2. The summed E-state index contributed by atoms with van der Waals surface area (Å²) in [5.41, 5.74) is -0.858. The summed E-state index contributed by atoms with van der Waals surface area (Å²) < 4.78 is 24.0. The highest BCUT2D eigenvalue weighted by Gasteiger charge is 2.52. The van der Waals surface area contributed by atoms with Crippen LogP contribution in [0.2, 0.25) is 0 Å². The maximum Gasteiger partial charge on any atom is 0.325 e. The van der Waals surface area contributed by atoms with Crippen LogP contribution in [-0.4, -0.2) is 71.7 Å². The minimum Gasteiger partial charge on any atom is -0.334 e. The standard InChI is InChI=1S/C20H31N3O5S/c24-17(23(15-7-3-4-8-15)16-9-12-29(27,28)14-16)13-22-18(25)20(21-19(22)26)10-5-1-2-6-11-20/h15-16H,1-14H2,(H,21,26)/t16-/m0/s1. The number of imide groups is 1. The van der Waals surface area contributed by atoms with Crippen molar-refractivity contribution in [1.29, 1.82) is 0 Å². The molecule has 1 atom stereocenters. The van der Waals surface area contributed by atoms with E-state index in [2.05, 4.69) is 5.32 Å². The third-order valence-electron chi connectivity index (χ3n) is 7.10. The first kappa shape index (κ1) is 20.6. The van der Waals surface area contributed by atoms with Gasteiger partial charge >= 0.3 is 6.03 Å². The van der Waals surface area contributed by atoms with Crippen molar-refractivity contribution < 1.29 is 22.8 Å². The molecule has 0 aromatic rings. The van der Waals surface area contributed by atoms with Gasteiger partial charge in [-0.25, -0.2) is 13.2 Å². The molecule has 162 valence electrons.